The first-order valence-corrected chi connectivity index (χ1v) is 7.75. The van der Waals surface area contributed by atoms with Crippen LogP contribution in [0.3, 0.4) is 0 Å². The minimum absolute atomic E-state index is 0.273. The second-order valence-corrected chi connectivity index (χ2v) is 6.05. The summed E-state index contributed by atoms with van der Waals surface area (Å²) in [6.45, 7) is 7.53. The van der Waals surface area contributed by atoms with Gasteiger partial charge in [-0.15, -0.1) is 5.06 Å². The minimum Gasteiger partial charge on any atom is -0.381 e. The Bertz CT molecular complexity index is 425. The zero-order valence-corrected chi connectivity index (χ0v) is 13.0. The zero-order valence-electron chi connectivity index (χ0n) is 13.0. The molecule has 4 nitrogen and oxygen atoms in total. The van der Waals surface area contributed by atoms with Crippen molar-refractivity contribution < 1.29 is 14.4 Å². The van der Waals surface area contributed by atoms with E-state index in [1.807, 2.05) is 18.2 Å². The first-order valence-electron chi connectivity index (χ1n) is 7.75. The molecule has 0 aliphatic carbocycles. The molecule has 0 amide bonds. The van der Waals surface area contributed by atoms with Crippen LogP contribution >= 0.6 is 0 Å². The van der Waals surface area contributed by atoms with Gasteiger partial charge in [0, 0.05) is 26.3 Å². The van der Waals surface area contributed by atoms with Gasteiger partial charge in [0.25, 0.3) is 0 Å². The van der Waals surface area contributed by atoms with Gasteiger partial charge in [-0.1, -0.05) is 32.0 Å². The Morgan fingerprint density at radius 1 is 1.24 bits per heavy atom. The van der Waals surface area contributed by atoms with E-state index in [0.29, 0.717) is 17.4 Å². The molecule has 1 fully saturated rings. The van der Waals surface area contributed by atoms with E-state index >= 15 is 0 Å². The molecule has 116 valence electrons. The van der Waals surface area contributed by atoms with E-state index in [9.17, 15) is 4.79 Å². The summed E-state index contributed by atoms with van der Waals surface area (Å²) in [6, 6.07) is 9.12. The maximum atomic E-state index is 12.0. The molecule has 0 radical (unpaired) electrons. The normalized spacial score (nSPS) is 17.1. The molecule has 21 heavy (non-hydrogen) atoms. The summed E-state index contributed by atoms with van der Waals surface area (Å²) in [5.74, 6) is 0.887. The van der Waals surface area contributed by atoms with Crippen LogP contribution in [0, 0.1) is 11.8 Å². The number of carbonyl (C=O) groups excluding carboxylic acids is 1. The van der Waals surface area contributed by atoms with Gasteiger partial charge in [0.1, 0.15) is 0 Å². The number of nitrogens with zero attached hydrogens (tertiary/aromatic N) is 1. The summed E-state index contributed by atoms with van der Waals surface area (Å²) in [6.07, 6.45) is 2.03. The van der Waals surface area contributed by atoms with E-state index in [-0.39, 0.29) is 5.97 Å². The average Bonchev–Trinajstić information content (AvgIpc) is 2.49. The van der Waals surface area contributed by atoms with Gasteiger partial charge in [0.2, 0.25) is 0 Å². The van der Waals surface area contributed by atoms with Crippen molar-refractivity contribution in [3.05, 3.63) is 35.9 Å². The predicted molar refractivity (Wildman–Crippen MR) is 81.8 cm³/mol. The summed E-state index contributed by atoms with van der Waals surface area (Å²) >= 11 is 0. The average molecular weight is 291 g/mol. The van der Waals surface area contributed by atoms with E-state index in [2.05, 4.69) is 13.8 Å². The Morgan fingerprint density at radius 3 is 2.52 bits per heavy atom. The number of benzene rings is 1. The molecular weight excluding hydrogens is 266 g/mol. The maximum absolute atomic E-state index is 12.0. The van der Waals surface area contributed by atoms with Crippen molar-refractivity contribution in [2.75, 3.05) is 26.3 Å². The van der Waals surface area contributed by atoms with Crippen LogP contribution in [0.25, 0.3) is 0 Å². The highest BCUT2D eigenvalue weighted by atomic mass is 16.7. The fourth-order valence-electron chi connectivity index (χ4n) is 2.38. The molecule has 1 aliphatic heterocycles. The van der Waals surface area contributed by atoms with Crippen LogP contribution < -0.4 is 0 Å². The summed E-state index contributed by atoms with van der Waals surface area (Å²) in [5, 5.41) is 1.77. The number of carbonyl (C=O) groups is 1. The molecule has 1 saturated heterocycles. The van der Waals surface area contributed by atoms with Crippen LogP contribution in [-0.4, -0.2) is 37.3 Å². The molecule has 1 aromatic rings. The van der Waals surface area contributed by atoms with Gasteiger partial charge in [-0.3, -0.25) is 0 Å². The van der Waals surface area contributed by atoms with Gasteiger partial charge >= 0.3 is 5.97 Å². The lowest BCUT2D eigenvalue weighted by molar-refractivity contribution is -0.129. The van der Waals surface area contributed by atoms with Crippen LogP contribution in [0.1, 0.15) is 37.0 Å². The van der Waals surface area contributed by atoms with Crippen LogP contribution in [0.15, 0.2) is 30.3 Å². The van der Waals surface area contributed by atoms with Gasteiger partial charge in [-0.25, -0.2) is 4.79 Å². The van der Waals surface area contributed by atoms with E-state index in [0.717, 1.165) is 39.1 Å². The highest BCUT2D eigenvalue weighted by Crippen LogP contribution is 2.18. The quantitative estimate of drug-likeness (QED) is 0.807. The van der Waals surface area contributed by atoms with E-state index < -0.39 is 0 Å². The number of hydrogen-bond acceptors (Lipinski definition) is 4. The van der Waals surface area contributed by atoms with E-state index in [1.54, 1.807) is 17.2 Å². The molecule has 0 aromatic heterocycles. The van der Waals surface area contributed by atoms with Gasteiger partial charge in [-0.2, -0.15) is 0 Å². The molecular formula is C17H25NO3. The maximum Gasteiger partial charge on any atom is 0.357 e. The molecule has 1 aromatic carbocycles. The third-order valence-corrected chi connectivity index (χ3v) is 3.60. The highest BCUT2D eigenvalue weighted by Gasteiger charge is 2.22. The van der Waals surface area contributed by atoms with Crippen LogP contribution in [0.5, 0.6) is 0 Å². The second kappa shape index (κ2) is 8.15. The Labute approximate surface area is 127 Å². The predicted octanol–water partition coefficient (Wildman–Crippen LogP) is 3.14. The van der Waals surface area contributed by atoms with Crippen molar-refractivity contribution in [1.29, 1.82) is 0 Å². The van der Waals surface area contributed by atoms with Crippen LogP contribution in [0.2, 0.25) is 0 Å². The number of hydrogen-bond donors (Lipinski definition) is 0. The SMILES string of the molecule is CC(C)COCC1CCN(OC(=O)c2ccccc2)CC1. The Balaban J connectivity index is 1.68. The van der Waals surface area contributed by atoms with Crippen LogP contribution in [-0.2, 0) is 9.57 Å². The lowest BCUT2D eigenvalue weighted by Crippen LogP contribution is -2.36. The highest BCUT2D eigenvalue weighted by molar-refractivity contribution is 5.89. The first-order chi connectivity index (χ1) is 10.1. The van der Waals surface area contributed by atoms with Crippen molar-refractivity contribution in [3.63, 3.8) is 0 Å². The molecule has 0 bridgehead atoms. The molecule has 0 spiro atoms. The largest absolute Gasteiger partial charge is 0.381 e. The van der Waals surface area contributed by atoms with Gasteiger partial charge in [-0.05, 0) is 36.8 Å². The van der Waals surface area contributed by atoms with Crippen molar-refractivity contribution in [2.24, 2.45) is 11.8 Å². The molecule has 4 heteroatoms. The Morgan fingerprint density at radius 2 is 1.90 bits per heavy atom. The topological polar surface area (TPSA) is 38.8 Å². The molecule has 0 saturated carbocycles. The third kappa shape index (κ3) is 5.48. The van der Waals surface area contributed by atoms with Crippen molar-refractivity contribution in [1.82, 2.24) is 5.06 Å². The first kappa shape index (κ1) is 16.0. The fourth-order valence-corrected chi connectivity index (χ4v) is 2.38. The Kier molecular flexibility index (Phi) is 6.21. The van der Waals surface area contributed by atoms with Crippen molar-refractivity contribution in [3.8, 4) is 0 Å². The summed E-state index contributed by atoms with van der Waals surface area (Å²) in [4.78, 5) is 17.4. The molecule has 1 aliphatic rings. The monoisotopic (exact) mass is 291 g/mol. The van der Waals surface area contributed by atoms with E-state index in [1.165, 1.54) is 0 Å². The molecule has 1 heterocycles. The second-order valence-electron chi connectivity index (χ2n) is 6.05. The molecule has 2 rings (SSSR count). The Hall–Kier alpha value is -1.39. The van der Waals surface area contributed by atoms with Crippen molar-refractivity contribution in [2.45, 2.75) is 26.7 Å². The zero-order chi connectivity index (χ0) is 15.1. The van der Waals surface area contributed by atoms with Crippen molar-refractivity contribution >= 4 is 5.97 Å². The fraction of sp³-hybridized carbons (Fsp3) is 0.588. The standard InChI is InChI=1S/C17H25NO3/c1-14(2)12-20-13-15-8-10-18(11-9-15)21-17(19)16-6-4-3-5-7-16/h3-7,14-15H,8-13H2,1-2H3. The summed E-state index contributed by atoms with van der Waals surface area (Å²) in [7, 11) is 0. The lowest BCUT2D eigenvalue weighted by Gasteiger charge is -2.30. The van der Waals surface area contributed by atoms with Gasteiger partial charge in [0.05, 0.1) is 5.56 Å². The number of hydroxylamine groups is 2. The van der Waals surface area contributed by atoms with E-state index in [4.69, 9.17) is 9.57 Å². The number of piperidine rings is 1. The molecule has 0 unspecified atom stereocenters. The summed E-state index contributed by atoms with van der Waals surface area (Å²) in [5.41, 5.74) is 0.597. The minimum atomic E-state index is -0.273. The lowest BCUT2D eigenvalue weighted by atomic mass is 9.99. The number of rotatable bonds is 6. The smallest absolute Gasteiger partial charge is 0.357 e. The summed E-state index contributed by atoms with van der Waals surface area (Å²) < 4.78 is 5.69. The van der Waals surface area contributed by atoms with Gasteiger partial charge < -0.3 is 9.57 Å². The third-order valence-electron chi connectivity index (χ3n) is 3.60. The number of ether oxygens (including phenoxy) is 1. The van der Waals surface area contributed by atoms with Gasteiger partial charge in [0.15, 0.2) is 0 Å². The molecule has 0 atom stereocenters. The molecule has 0 N–H and O–H groups in total. The van der Waals surface area contributed by atoms with Crippen LogP contribution in [0.4, 0.5) is 0 Å².